The van der Waals surface area contributed by atoms with Crippen LogP contribution in [0.2, 0.25) is 0 Å². The van der Waals surface area contributed by atoms with Crippen molar-refractivity contribution in [1.29, 1.82) is 0 Å². The number of aromatic nitrogens is 2. The smallest absolute Gasteiger partial charge is 0.0594 e. The molecule has 0 aliphatic carbocycles. The van der Waals surface area contributed by atoms with Crippen LogP contribution in [0.25, 0.3) is 0 Å². The van der Waals surface area contributed by atoms with E-state index in [-0.39, 0.29) is 6.04 Å². The summed E-state index contributed by atoms with van der Waals surface area (Å²) in [4.78, 5) is 0. The van der Waals surface area contributed by atoms with Crippen LogP contribution >= 0.6 is 0 Å². The highest BCUT2D eigenvalue weighted by Gasteiger charge is 2.22. The Morgan fingerprint density at radius 2 is 2.59 bits per heavy atom. The summed E-state index contributed by atoms with van der Waals surface area (Å²) < 4.78 is 7.61. The molecule has 0 saturated carbocycles. The maximum absolute atomic E-state index is 5.64. The van der Waals surface area contributed by atoms with Gasteiger partial charge in [-0.2, -0.15) is 5.10 Å². The molecule has 0 aromatic carbocycles. The van der Waals surface area contributed by atoms with Crippen molar-refractivity contribution in [2.24, 2.45) is 5.84 Å². The van der Waals surface area contributed by atoms with Crippen molar-refractivity contribution in [3.8, 4) is 0 Å². The number of aryl methyl sites for hydroxylation is 1. The number of nitrogens with one attached hydrogen (secondary N) is 1. The maximum Gasteiger partial charge on any atom is 0.0594 e. The molecular weight excluding hydrogens is 216 g/mol. The van der Waals surface area contributed by atoms with Crippen LogP contribution in [-0.2, 0) is 11.3 Å². The largest absolute Gasteiger partial charge is 0.378 e. The van der Waals surface area contributed by atoms with E-state index >= 15 is 0 Å². The summed E-state index contributed by atoms with van der Waals surface area (Å²) in [6.07, 6.45) is 8.63. The fourth-order valence-electron chi connectivity index (χ4n) is 2.30. The number of hydrazine groups is 1. The van der Waals surface area contributed by atoms with Crippen LogP contribution in [0.1, 0.15) is 44.2 Å². The molecule has 1 aromatic rings. The standard InChI is InChI=1S/C12H22N4O/c1-2-5-16-9-10(8-14-16)12(15-13)7-11-4-3-6-17-11/h8-9,11-12,15H,2-7,13H2,1H3. The van der Waals surface area contributed by atoms with E-state index in [0.29, 0.717) is 6.10 Å². The Balaban J connectivity index is 1.95. The Morgan fingerprint density at radius 3 is 3.24 bits per heavy atom. The number of nitrogens with two attached hydrogens (primary N) is 1. The van der Waals surface area contributed by atoms with Gasteiger partial charge in [0.05, 0.1) is 18.3 Å². The van der Waals surface area contributed by atoms with Gasteiger partial charge in [-0.3, -0.25) is 16.0 Å². The molecule has 1 fully saturated rings. The van der Waals surface area contributed by atoms with Crippen LogP contribution in [0.3, 0.4) is 0 Å². The van der Waals surface area contributed by atoms with Crippen molar-refractivity contribution in [3.63, 3.8) is 0 Å². The predicted octanol–water partition coefficient (Wildman–Crippen LogP) is 1.37. The van der Waals surface area contributed by atoms with Crippen molar-refractivity contribution in [1.82, 2.24) is 15.2 Å². The third-order valence-corrected chi connectivity index (χ3v) is 3.23. The lowest BCUT2D eigenvalue weighted by atomic mass is 10.0. The molecule has 5 heteroatoms. The number of hydrogen-bond donors (Lipinski definition) is 2. The van der Waals surface area contributed by atoms with Gasteiger partial charge in [-0.15, -0.1) is 0 Å². The SMILES string of the molecule is CCCn1cc(C(CC2CCCO2)NN)cn1. The van der Waals surface area contributed by atoms with Crippen molar-refractivity contribution < 1.29 is 4.74 Å². The highest BCUT2D eigenvalue weighted by Crippen LogP contribution is 2.24. The highest BCUT2D eigenvalue weighted by molar-refractivity contribution is 5.10. The normalized spacial score (nSPS) is 21.9. The van der Waals surface area contributed by atoms with Gasteiger partial charge in [0.15, 0.2) is 0 Å². The van der Waals surface area contributed by atoms with Gasteiger partial charge < -0.3 is 4.74 Å². The molecule has 2 unspecified atom stereocenters. The Hall–Kier alpha value is -0.910. The van der Waals surface area contributed by atoms with E-state index in [2.05, 4.69) is 23.6 Å². The summed E-state index contributed by atoms with van der Waals surface area (Å²) in [5.74, 6) is 5.62. The molecule has 1 aliphatic heterocycles. The third-order valence-electron chi connectivity index (χ3n) is 3.23. The van der Waals surface area contributed by atoms with Gasteiger partial charge in [0.25, 0.3) is 0 Å². The topological polar surface area (TPSA) is 65.1 Å². The molecule has 17 heavy (non-hydrogen) atoms. The molecule has 0 amide bonds. The third kappa shape index (κ3) is 3.28. The lowest BCUT2D eigenvalue weighted by molar-refractivity contribution is 0.0946. The Morgan fingerprint density at radius 1 is 1.71 bits per heavy atom. The van der Waals surface area contributed by atoms with E-state index in [1.54, 1.807) is 0 Å². The molecule has 2 atom stereocenters. The summed E-state index contributed by atoms with van der Waals surface area (Å²) in [5.41, 5.74) is 4.02. The van der Waals surface area contributed by atoms with Crippen molar-refractivity contribution in [2.75, 3.05) is 6.61 Å². The molecular formula is C12H22N4O. The minimum atomic E-state index is 0.142. The van der Waals surface area contributed by atoms with Crippen LogP contribution in [0, 0.1) is 0 Å². The van der Waals surface area contributed by atoms with Gasteiger partial charge in [0, 0.05) is 24.9 Å². The number of rotatable bonds is 6. The minimum Gasteiger partial charge on any atom is -0.378 e. The van der Waals surface area contributed by atoms with Crippen LogP contribution in [0.4, 0.5) is 0 Å². The molecule has 1 aliphatic rings. The van der Waals surface area contributed by atoms with Crippen molar-refractivity contribution in [3.05, 3.63) is 18.0 Å². The second-order valence-electron chi connectivity index (χ2n) is 4.63. The number of hydrogen-bond acceptors (Lipinski definition) is 4. The molecule has 0 bridgehead atoms. The van der Waals surface area contributed by atoms with Crippen LogP contribution in [-0.4, -0.2) is 22.5 Å². The maximum atomic E-state index is 5.64. The summed E-state index contributed by atoms with van der Waals surface area (Å²) in [6.45, 7) is 3.99. The molecule has 3 N–H and O–H groups in total. The molecule has 2 heterocycles. The first-order valence-electron chi connectivity index (χ1n) is 6.43. The molecule has 2 rings (SSSR count). The molecule has 1 saturated heterocycles. The fraction of sp³-hybridized carbons (Fsp3) is 0.750. The molecule has 0 radical (unpaired) electrons. The fourth-order valence-corrected chi connectivity index (χ4v) is 2.30. The van der Waals surface area contributed by atoms with E-state index < -0.39 is 0 Å². The quantitative estimate of drug-likeness (QED) is 0.580. The van der Waals surface area contributed by atoms with E-state index in [1.807, 2.05) is 10.9 Å². The van der Waals surface area contributed by atoms with Crippen molar-refractivity contribution in [2.45, 2.75) is 51.3 Å². The molecule has 96 valence electrons. The molecule has 1 aromatic heterocycles. The van der Waals surface area contributed by atoms with Crippen LogP contribution in [0.15, 0.2) is 12.4 Å². The van der Waals surface area contributed by atoms with Gasteiger partial charge >= 0.3 is 0 Å². The highest BCUT2D eigenvalue weighted by atomic mass is 16.5. The van der Waals surface area contributed by atoms with Crippen LogP contribution in [0.5, 0.6) is 0 Å². The van der Waals surface area contributed by atoms with Gasteiger partial charge in [-0.1, -0.05) is 6.92 Å². The van der Waals surface area contributed by atoms with E-state index in [1.165, 1.54) is 0 Å². The zero-order chi connectivity index (χ0) is 12.1. The second-order valence-corrected chi connectivity index (χ2v) is 4.63. The minimum absolute atomic E-state index is 0.142. The monoisotopic (exact) mass is 238 g/mol. The molecule has 0 spiro atoms. The zero-order valence-electron chi connectivity index (χ0n) is 10.4. The first-order chi connectivity index (χ1) is 8.33. The lowest BCUT2D eigenvalue weighted by Crippen LogP contribution is -2.30. The summed E-state index contributed by atoms with van der Waals surface area (Å²) in [5, 5.41) is 4.33. The Labute approximate surface area is 102 Å². The average molecular weight is 238 g/mol. The first kappa shape index (κ1) is 12.5. The summed E-state index contributed by atoms with van der Waals surface area (Å²) in [7, 11) is 0. The van der Waals surface area contributed by atoms with Crippen LogP contribution < -0.4 is 11.3 Å². The lowest BCUT2D eigenvalue weighted by Gasteiger charge is -2.18. The predicted molar refractivity (Wildman–Crippen MR) is 66.2 cm³/mol. The number of ether oxygens (including phenoxy) is 1. The first-order valence-corrected chi connectivity index (χ1v) is 6.43. The summed E-state index contributed by atoms with van der Waals surface area (Å²) >= 11 is 0. The van der Waals surface area contributed by atoms with Gasteiger partial charge in [-0.05, 0) is 25.7 Å². The number of nitrogens with zero attached hydrogens (tertiary/aromatic N) is 2. The summed E-state index contributed by atoms with van der Waals surface area (Å²) in [6, 6.07) is 0.142. The Bertz CT molecular complexity index is 333. The van der Waals surface area contributed by atoms with E-state index in [4.69, 9.17) is 10.6 Å². The Kier molecular flexibility index (Phi) is 4.53. The van der Waals surface area contributed by atoms with E-state index in [9.17, 15) is 0 Å². The van der Waals surface area contributed by atoms with Gasteiger partial charge in [0.2, 0.25) is 0 Å². The second kappa shape index (κ2) is 6.14. The van der Waals surface area contributed by atoms with Crippen molar-refractivity contribution >= 4 is 0 Å². The van der Waals surface area contributed by atoms with Gasteiger partial charge in [0.1, 0.15) is 0 Å². The average Bonchev–Trinajstić information content (AvgIpc) is 2.97. The van der Waals surface area contributed by atoms with E-state index in [0.717, 1.165) is 44.4 Å². The zero-order valence-corrected chi connectivity index (χ0v) is 10.4. The molecule has 5 nitrogen and oxygen atoms in total. The van der Waals surface area contributed by atoms with Gasteiger partial charge in [-0.25, -0.2) is 0 Å².